The number of amides is 1. The van der Waals surface area contributed by atoms with Gasteiger partial charge in [0.25, 0.3) is 5.91 Å². The van der Waals surface area contributed by atoms with Crippen molar-refractivity contribution in [2.24, 2.45) is 10.2 Å². The molecule has 5 nitrogen and oxygen atoms in total. The standard InChI is InChI=1S/C13H10N4O/c18-13-8-2-1-3-9-11(8)12(16-17-13)7-4-5-14-6-10(7)15-9/h1-3,14H,4-6H2. The second-order valence-corrected chi connectivity index (χ2v) is 4.52. The second-order valence-electron chi connectivity index (χ2n) is 4.52. The third kappa shape index (κ3) is 1.19. The van der Waals surface area contributed by atoms with Crippen molar-refractivity contribution in [1.29, 1.82) is 0 Å². The zero-order valence-corrected chi connectivity index (χ0v) is 9.60. The molecular weight excluding hydrogens is 228 g/mol. The highest BCUT2D eigenvalue weighted by molar-refractivity contribution is 6.12. The smallest absolute Gasteiger partial charge is 0.296 e. The molecule has 0 atom stereocenters. The molecule has 1 N–H and O–H groups in total. The van der Waals surface area contributed by atoms with Gasteiger partial charge < -0.3 is 5.32 Å². The number of aromatic nitrogens is 1. The highest BCUT2D eigenvalue weighted by atomic mass is 16.1. The first-order valence-electron chi connectivity index (χ1n) is 5.96. The average molecular weight is 238 g/mol. The Balaban J connectivity index is 2.18. The summed E-state index contributed by atoms with van der Waals surface area (Å²) in [6.07, 6.45) is 0.884. The predicted octanol–water partition coefficient (Wildman–Crippen LogP) is 2.12. The molecule has 0 bridgehead atoms. The molecule has 4 rings (SSSR count). The van der Waals surface area contributed by atoms with E-state index < -0.39 is 0 Å². The predicted molar refractivity (Wildman–Crippen MR) is 66.0 cm³/mol. The summed E-state index contributed by atoms with van der Waals surface area (Å²) in [5, 5.41) is 12.0. The Kier molecular flexibility index (Phi) is 1.87. The lowest BCUT2D eigenvalue weighted by atomic mass is 9.97. The quantitative estimate of drug-likeness (QED) is 0.764. The molecule has 1 aromatic carbocycles. The van der Waals surface area contributed by atoms with Crippen LogP contribution in [0.2, 0.25) is 0 Å². The molecule has 0 saturated heterocycles. The van der Waals surface area contributed by atoms with Crippen molar-refractivity contribution in [3.63, 3.8) is 0 Å². The van der Waals surface area contributed by atoms with E-state index in [0.717, 1.165) is 47.4 Å². The third-order valence-electron chi connectivity index (χ3n) is 3.48. The lowest BCUT2D eigenvalue weighted by Crippen LogP contribution is -2.25. The Morgan fingerprint density at radius 3 is 3.11 bits per heavy atom. The Bertz CT molecular complexity index is 720. The van der Waals surface area contributed by atoms with Crippen molar-refractivity contribution in [3.8, 4) is 0 Å². The molecule has 88 valence electrons. The maximum atomic E-state index is 11.7. The molecule has 5 heteroatoms. The van der Waals surface area contributed by atoms with Gasteiger partial charge in [-0.25, -0.2) is 0 Å². The van der Waals surface area contributed by atoms with E-state index >= 15 is 0 Å². The number of carbonyl (C=O) groups excluding carboxylic acids is 1. The van der Waals surface area contributed by atoms with Gasteiger partial charge in [0, 0.05) is 17.5 Å². The van der Waals surface area contributed by atoms with Crippen LogP contribution in [0.4, 0.5) is 5.69 Å². The van der Waals surface area contributed by atoms with Gasteiger partial charge in [-0.2, -0.15) is 0 Å². The van der Waals surface area contributed by atoms with E-state index in [1.54, 1.807) is 6.07 Å². The topological polar surface area (TPSA) is 66.7 Å². The third-order valence-corrected chi connectivity index (χ3v) is 3.48. The van der Waals surface area contributed by atoms with Crippen LogP contribution in [0.15, 0.2) is 28.4 Å². The molecule has 1 aromatic heterocycles. The van der Waals surface area contributed by atoms with E-state index in [2.05, 4.69) is 20.5 Å². The van der Waals surface area contributed by atoms with E-state index in [1.165, 1.54) is 0 Å². The zero-order chi connectivity index (χ0) is 12.1. The van der Waals surface area contributed by atoms with Crippen LogP contribution in [0.5, 0.6) is 0 Å². The van der Waals surface area contributed by atoms with Crippen LogP contribution in [0.1, 0.15) is 21.6 Å². The molecule has 0 fully saturated rings. The fourth-order valence-electron chi connectivity index (χ4n) is 2.65. The van der Waals surface area contributed by atoms with Gasteiger partial charge in [-0.05, 0) is 25.1 Å². The first-order chi connectivity index (χ1) is 8.84. The highest BCUT2D eigenvalue weighted by Gasteiger charge is 2.24. The fraction of sp³-hybridized carbons (Fsp3) is 0.231. The number of hydrogen-bond acceptors (Lipinski definition) is 4. The minimum absolute atomic E-state index is 0.274. The fourth-order valence-corrected chi connectivity index (χ4v) is 2.65. The number of azo groups is 1. The molecule has 2 aliphatic heterocycles. The lowest BCUT2D eigenvalue weighted by molar-refractivity contribution is 0.0995. The summed E-state index contributed by atoms with van der Waals surface area (Å²) < 4.78 is 0. The first-order valence-corrected chi connectivity index (χ1v) is 5.96. The SMILES string of the molecule is O=C1N=Nc2c3c(nc4cccc1c24)CNCC3. The van der Waals surface area contributed by atoms with Gasteiger partial charge in [0.15, 0.2) is 0 Å². The molecule has 18 heavy (non-hydrogen) atoms. The number of rotatable bonds is 0. The Hall–Kier alpha value is -2.14. The number of fused-ring (bicyclic) bond motifs is 2. The van der Waals surface area contributed by atoms with Crippen molar-refractivity contribution >= 4 is 22.5 Å². The second kappa shape index (κ2) is 3.43. The minimum Gasteiger partial charge on any atom is -0.311 e. The van der Waals surface area contributed by atoms with Crippen molar-refractivity contribution in [1.82, 2.24) is 10.3 Å². The molecule has 2 aromatic rings. The number of pyridine rings is 1. The molecule has 1 amide bonds. The molecule has 0 saturated carbocycles. The van der Waals surface area contributed by atoms with E-state index in [1.807, 2.05) is 12.1 Å². The normalized spacial score (nSPS) is 17.0. The summed E-state index contributed by atoms with van der Waals surface area (Å²) in [7, 11) is 0. The van der Waals surface area contributed by atoms with Gasteiger partial charge in [0.1, 0.15) is 5.69 Å². The monoisotopic (exact) mass is 238 g/mol. The molecule has 3 heterocycles. The summed E-state index contributed by atoms with van der Waals surface area (Å²) in [5.41, 5.74) is 4.44. The Morgan fingerprint density at radius 1 is 1.22 bits per heavy atom. The summed E-state index contributed by atoms with van der Waals surface area (Å²) >= 11 is 0. The lowest BCUT2D eigenvalue weighted by Gasteiger charge is -2.21. The number of nitrogens with one attached hydrogen (secondary N) is 1. The highest BCUT2D eigenvalue weighted by Crippen LogP contribution is 2.37. The molecule has 0 spiro atoms. The van der Waals surface area contributed by atoms with Crippen molar-refractivity contribution in [2.45, 2.75) is 13.0 Å². The Labute approximate surface area is 103 Å². The largest absolute Gasteiger partial charge is 0.311 e. The van der Waals surface area contributed by atoms with Crippen LogP contribution in [0, 0.1) is 0 Å². The molecule has 2 aliphatic rings. The maximum absolute atomic E-state index is 11.7. The van der Waals surface area contributed by atoms with Crippen molar-refractivity contribution < 1.29 is 4.79 Å². The van der Waals surface area contributed by atoms with Gasteiger partial charge in [-0.1, -0.05) is 6.07 Å². The number of carbonyl (C=O) groups is 1. The van der Waals surface area contributed by atoms with Crippen LogP contribution in [-0.4, -0.2) is 17.4 Å². The maximum Gasteiger partial charge on any atom is 0.296 e. The van der Waals surface area contributed by atoms with Crippen molar-refractivity contribution in [2.75, 3.05) is 6.54 Å². The summed E-state index contributed by atoms with van der Waals surface area (Å²) in [6.45, 7) is 1.67. The van der Waals surface area contributed by atoms with Crippen molar-refractivity contribution in [3.05, 3.63) is 35.0 Å². The molecular formula is C13H10N4O. The van der Waals surface area contributed by atoms with Gasteiger partial charge in [-0.15, -0.1) is 10.2 Å². The van der Waals surface area contributed by atoms with Gasteiger partial charge in [0.2, 0.25) is 0 Å². The molecule has 0 aliphatic carbocycles. The molecule has 0 unspecified atom stereocenters. The average Bonchev–Trinajstić information content (AvgIpc) is 2.42. The van der Waals surface area contributed by atoms with E-state index in [9.17, 15) is 4.79 Å². The number of nitrogens with zero attached hydrogens (tertiary/aromatic N) is 3. The minimum atomic E-state index is -0.274. The number of hydrogen-bond donors (Lipinski definition) is 1. The van der Waals surface area contributed by atoms with Crippen LogP contribution in [0.3, 0.4) is 0 Å². The van der Waals surface area contributed by atoms with Gasteiger partial charge >= 0.3 is 0 Å². The summed E-state index contributed by atoms with van der Waals surface area (Å²) in [4.78, 5) is 16.4. The summed E-state index contributed by atoms with van der Waals surface area (Å²) in [5.74, 6) is -0.274. The van der Waals surface area contributed by atoms with Gasteiger partial charge in [-0.3, -0.25) is 9.78 Å². The van der Waals surface area contributed by atoms with Crippen LogP contribution in [-0.2, 0) is 13.0 Å². The van der Waals surface area contributed by atoms with Crippen LogP contribution in [0.25, 0.3) is 10.9 Å². The summed E-state index contributed by atoms with van der Waals surface area (Å²) in [6, 6.07) is 5.56. The zero-order valence-electron chi connectivity index (χ0n) is 9.60. The molecule has 0 radical (unpaired) electrons. The van der Waals surface area contributed by atoms with Gasteiger partial charge in [0.05, 0.1) is 16.8 Å². The first kappa shape index (κ1) is 9.85. The van der Waals surface area contributed by atoms with E-state index in [4.69, 9.17) is 0 Å². The Morgan fingerprint density at radius 2 is 2.17 bits per heavy atom. The van der Waals surface area contributed by atoms with E-state index in [-0.39, 0.29) is 5.91 Å². The number of benzene rings is 1. The van der Waals surface area contributed by atoms with Crippen LogP contribution < -0.4 is 5.32 Å². The van der Waals surface area contributed by atoms with Crippen LogP contribution >= 0.6 is 0 Å². The van der Waals surface area contributed by atoms with E-state index in [0.29, 0.717) is 5.56 Å².